The Balaban J connectivity index is 1.91. The van der Waals surface area contributed by atoms with Crippen LogP contribution < -0.4 is 5.32 Å². The lowest BCUT2D eigenvalue weighted by atomic mass is 10.1. The van der Waals surface area contributed by atoms with E-state index in [-0.39, 0.29) is 18.3 Å². The number of aromatic amines is 1. The van der Waals surface area contributed by atoms with Crippen LogP contribution in [0.15, 0.2) is 41.0 Å². The second-order valence-electron chi connectivity index (χ2n) is 4.01. The molecule has 0 spiro atoms. The van der Waals surface area contributed by atoms with Crippen LogP contribution >= 0.6 is 15.9 Å². The van der Waals surface area contributed by atoms with Crippen LogP contribution in [0.3, 0.4) is 0 Å². The Morgan fingerprint density at radius 1 is 1.42 bits per heavy atom. The number of hydrogen-bond acceptors (Lipinski definition) is 2. The molecule has 4 nitrogen and oxygen atoms in total. The fourth-order valence-electron chi connectivity index (χ4n) is 1.59. The van der Waals surface area contributed by atoms with Crippen LogP contribution in [0, 0.1) is 5.82 Å². The summed E-state index contributed by atoms with van der Waals surface area (Å²) in [6, 6.07) is 7.14. The highest BCUT2D eigenvalue weighted by Gasteiger charge is 2.12. The SMILES string of the molecule is O=C(NCC(O)c1ccc(F)cc1)c1cc(Br)c[nH]1. The molecule has 100 valence electrons. The van der Waals surface area contributed by atoms with Crippen molar-refractivity contribution >= 4 is 21.8 Å². The van der Waals surface area contributed by atoms with Crippen LogP contribution in [-0.4, -0.2) is 22.5 Å². The first kappa shape index (κ1) is 13.8. The van der Waals surface area contributed by atoms with E-state index in [2.05, 4.69) is 26.2 Å². The van der Waals surface area contributed by atoms with Gasteiger partial charge in [-0.25, -0.2) is 4.39 Å². The lowest BCUT2D eigenvalue weighted by Crippen LogP contribution is -2.28. The third kappa shape index (κ3) is 3.65. The molecule has 0 aliphatic carbocycles. The molecule has 1 heterocycles. The van der Waals surface area contributed by atoms with E-state index in [4.69, 9.17) is 0 Å². The van der Waals surface area contributed by atoms with Crippen molar-refractivity contribution in [3.05, 3.63) is 58.1 Å². The molecule has 3 N–H and O–H groups in total. The van der Waals surface area contributed by atoms with Crippen molar-refractivity contribution in [3.63, 3.8) is 0 Å². The third-order valence-electron chi connectivity index (χ3n) is 2.60. The van der Waals surface area contributed by atoms with E-state index in [9.17, 15) is 14.3 Å². The second kappa shape index (κ2) is 5.99. The van der Waals surface area contributed by atoms with Gasteiger partial charge in [0.2, 0.25) is 0 Å². The summed E-state index contributed by atoms with van der Waals surface area (Å²) in [6.45, 7) is 0.0567. The summed E-state index contributed by atoms with van der Waals surface area (Å²) in [6.07, 6.45) is 0.772. The van der Waals surface area contributed by atoms with Gasteiger partial charge in [0.25, 0.3) is 5.91 Å². The van der Waals surface area contributed by atoms with E-state index in [0.717, 1.165) is 4.47 Å². The Hall–Kier alpha value is -1.66. The van der Waals surface area contributed by atoms with E-state index >= 15 is 0 Å². The van der Waals surface area contributed by atoms with Gasteiger partial charge in [-0.15, -0.1) is 0 Å². The van der Waals surface area contributed by atoms with E-state index in [1.807, 2.05) is 0 Å². The lowest BCUT2D eigenvalue weighted by molar-refractivity contribution is 0.0912. The van der Waals surface area contributed by atoms with Gasteiger partial charge in [0.05, 0.1) is 6.10 Å². The van der Waals surface area contributed by atoms with Gasteiger partial charge in [0.1, 0.15) is 11.5 Å². The predicted octanol–water partition coefficient (Wildman–Crippen LogP) is 2.38. The summed E-state index contributed by atoms with van der Waals surface area (Å²) in [5, 5.41) is 12.4. The number of aliphatic hydroxyl groups is 1. The molecule has 0 aliphatic rings. The quantitative estimate of drug-likeness (QED) is 0.807. The number of carbonyl (C=O) groups is 1. The number of rotatable bonds is 4. The molecule has 1 aromatic carbocycles. The Kier molecular flexibility index (Phi) is 4.34. The highest BCUT2D eigenvalue weighted by atomic mass is 79.9. The molecule has 1 unspecified atom stereocenters. The molecule has 0 radical (unpaired) electrons. The molecule has 0 aliphatic heterocycles. The molecule has 0 bridgehead atoms. The number of benzene rings is 1. The lowest BCUT2D eigenvalue weighted by Gasteiger charge is -2.11. The molecule has 1 aromatic heterocycles. The third-order valence-corrected chi connectivity index (χ3v) is 3.06. The zero-order valence-corrected chi connectivity index (χ0v) is 11.4. The second-order valence-corrected chi connectivity index (χ2v) is 4.92. The first-order valence-corrected chi connectivity index (χ1v) is 6.41. The maximum Gasteiger partial charge on any atom is 0.267 e. The van der Waals surface area contributed by atoms with E-state index in [1.54, 1.807) is 12.3 Å². The summed E-state index contributed by atoms with van der Waals surface area (Å²) in [7, 11) is 0. The molecule has 0 saturated heterocycles. The van der Waals surface area contributed by atoms with Crippen molar-refractivity contribution < 1.29 is 14.3 Å². The smallest absolute Gasteiger partial charge is 0.267 e. The molecule has 2 aromatic rings. The monoisotopic (exact) mass is 326 g/mol. The zero-order chi connectivity index (χ0) is 13.8. The van der Waals surface area contributed by atoms with Crippen molar-refractivity contribution in [2.45, 2.75) is 6.10 Å². The summed E-state index contributed by atoms with van der Waals surface area (Å²) in [4.78, 5) is 14.5. The Labute approximate surface area is 117 Å². The number of nitrogens with one attached hydrogen (secondary N) is 2. The standard InChI is InChI=1S/C13H12BrFN2O2/c14-9-5-11(16-6-9)13(19)17-7-12(18)8-1-3-10(15)4-2-8/h1-6,12,16,18H,7H2,(H,17,19). The van der Waals surface area contributed by atoms with Crippen molar-refractivity contribution in [1.29, 1.82) is 0 Å². The number of hydrogen-bond donors (Lipinski definition) is 3. The van der Waals surface area contributed by atoms with Gasteiger partial charge in [-0.1, -0.05) is 12.1 Å². The number of H-pyrrole nitrogens is 1. The molecule has 19 heavy (non-hydrogen) atoms. The molecule has 1 atom stereocenters. The zero-order valence-electron chi connectivity index (χ0n) is 9.86. The van der Waals surface area contributed by atoms with Crippen molar-refractivity contribution in [3.8, 4) is 0 Å². The van der Waals surface area contributed by atoms with Gasteiger partial charge in [0, 0.05) is 17.2 Å². The summed E-state index contributed by atoms with van der Waals surface area (Å²) in [5.41, 5.74) is 0.951. The van der Waals surface area contributed by atoms with Crippen LogP contribution in [0.4, 0.5) is 4.39 Å². The minimum absolute atomic E-state index is 0.0567. The van der Waals surface area contributed by atoms with Crippen LogP contribution in [0.25, 0.3) is 0 Å². The van der Waals surface area contributed by atoms with Gasteiger partial charge in [0.15, 0.2) is 0 Å². The number of aliphatic hydroxyl groups excluding tert-OH is 1. The normalized spacial score (nSPS) is 12.2. The Morgan fingerprint density at radius 3 is 2.68 bits per heavy atom. The van der Waals surface area contributed by atoms with Crippen molar-refractivity contribution in [1.82, 2.24) is 10.3 Å². The summed E-state index contributed by atoms with van der Waals surface area (Å²) >= 11 is 3.23. The van der Waals surface area contributed by atoms with Crippen molar-refractivity contribution in [2.75, 3.05) is 6.54 Å². The average Bonchev–Trinajstić information content (AvgIpc) is 2.83. The molecule has 6 heteroatoms. The number of aromatic nitrogens is 1. The number of halogens is 2. The van der Waals surface area contributed by atoms with Gasteiger partial charge < -0.3 is 15.4 Å². The van der Waals surface area contributed by atoms with E-state index < -0.39 is 6.10 Å². The average molecular weight is 327 g/mol. The Morgan fingerprint density at radius 2 is 2.11 bits per heavy atom. The first-order chi connectivity index (χ1) is 9.06. The maximum absolute atomic E-state index is 12.7. The number of carbonyl (C=O) groups excluding carboxylic acids is 1. The van der Waals surface area contributed by atoms with Crippen LogP contribution in [0.5, 0.6) is 0 Å². The predicted molar refractivity (Wildman–Crippen MR) is 72.2 cm³/mol. The van der Waals surface area contributed by atoms with E-state index in [1.165, 1.54) is 24.3 Å². The highest BCUT2D eigenvalue weighted by molar-refractivity contribution is 9.10. The minimum atomic E-state index is -0.872. The Bertz CT molecular complexity index is 568. The largest absolute Gasteiger partial charge is 0.387 e. The summed E-state index contributed by atoms with van der Waals surface area (Å²) in [5.74, 6) is -0.678. The van der Waals surface area contributed by atoms with Crippen LogP contribution in [0.1, 0.15) is 22.2 Å². The fourth-order valence-corrected chi connectivity index (χ4v) is 1.93. The molecule has 0 saturated carbocycles. The highest BCUT2D eigenvalue weighted by Crippen LogP contribution is 2.13. The van der Waals surface area contributed by atoms with Gasteiger partial charge in [-0.3, -0.25) is 4.79 Å². The minimum Gasteiger partial charge on any atom is -0.387 e. The molecule has 0 fully saturated rings. The van der Waals surface area contributed by atoms with Gasteiger partial charge in [-0.05, 0) is 39.7 Å². The van der Waals surface area contributed by atoms with Crippen LogP contribution in [-0.2, 0) is 0 Å². The molecule has 2 rings (SSSR count). The van der Waals surface area contributed by atoms with Crippen LogP contribution in [0.2, 0.25) is 0 Å². The van der Waals surface area contributed by atoms with Gasteiger partial charge in [-0.2, -0.15) is 0 Å². The van der Waals surface area contributed by atoms with Gasteiger partial charge >= 0.3 is 0 Å². The van der Waals surface area contributed by atoms with Crippen molar-refractivity contribution in [2.24, 2.45) is 0 Å². The number of amides is 1. The fraction of sp³-hybridized carbons (Fsp3) is 0.154. The van der Waals surface area contributed by atoms with E-state index in [0.29, 0.717) is 11.3 Å². The molecular weight excluding hydrogens is 315 g/mol. The first-order valence-electron chi connectivity index (χ1n) is 5.62. The molecular formula is C13H12BrFN2O2. The molecule has 1 amide bonds. The summed E-state index contributed by atoms with van der Waals surface area (Å²) < 4.78 is 13.5. The maximum atomic E-state index is 12.7. The topological polar surface area (TPSA) is 65.1 Å².